The van der Waals surface area contributed by atoms with E-state index in [1.165, 1.54) is 11.1 Å². The first-order chi connectivity index (χ1) is 12.2. The Balaban J connectivity index is 1.27. The molecule has 0 radical (unpaired) electrons. The molecule has 1 amide bonds. The zero-order chi connectivity index (χ0) is 17.2. The van der Waals surface area contributed by atoms with Crippen molar-refractivity contribution in [2.45, 2.75) is 25.8 Å². The molecular weight excluding hydrogens is 314 g/mol. The third kappa shape index (κ3) is 3.82. The SMILES string of the molecule is CN1CCC(C(=O)N2CCN(Cc3ccc4c(c3)OCC4)CC2)CC1. The molecule has 0 aromatic heterocycles. The second-order valence-electron chi connectivity index (χ2n) is 7.72. The maximum atomic E-state index is 12.7. The molecule has 0 bridgehead atoms. The van der Waals surface area contributed by atoms with Crippen LogP contribution in [0.3, 0.4) is 0 Å². The number of rotatable bonds is 3. The molecule has 0 unspecified atom stereocenters. The number of nitrogens with zero attached hydrogens (tertiary/aromatic N) is 3. The first-order valence-corrected chi connectivity index (χ1v) is 9.63. The molecule has 25 heavy (non-hydrogen) atoms. The van der Waals surface area contributed by atoms with Crippen molar-refractivity contribution in [3.8, 4) is 5.75 Å². The van der Waals surface area contributed by atoms with Gasteiger partial charge in [-0.2, -0.15) is 0 Å². The fourth-order valence-corrected chi connectivity index (χ4v) is 4.21. The number of fused-ring (bicyclic) bond motifs is 1. The number of hydrogen-bond donors (Lipinski definition) is 0. The van der Waals surface area contributed by atoms with Gasteiger partial charge in [0.05, 0.1) is 6.61 Å². The van der Waals surface area contributed by atoms with E-state index in [0.717, 1.165) is 77.4 Å². The summed E-state index contributed by atoms with van der Waals surface area (Å²) in [6.07, 6.45) is 3.07. The van der Waals surface area contributed by atoms with Crippen LogP contribution in [-0.2, 0) is 17.8 Å². The Bertz CT molecular complexity index is 617. The molecule has 0 aliphatic carbocycles. The van der Waals surface area contributed by atoms with Gasteiger partial charge in [-0.15, -0.1) is 0 Å². The summed E-state index contributed by atoms with van der Waals surface area (Å²) in [5, 5.41) is 0. The standard InChI is InChI=1S/C20H29N3O2/c1-21-7-4-18(5-8-21)20(24)23-11-9-22(10-12-23)15-16-2-3-17-6-13-25-19(17)14-16/h2-3,14,18H,4-13,15H2,1H3. The Morgan fingerprint density at radius 3 is 2.64 bits per heavy atom. The summed E-state index contributed by atoms with van der Waals surface area (Å²) in [7, 11) is 2.14. The highest BCUT2D eigenvalue weighted by Crippen LogP contribution is 2.27. The smallest absolute Gasteiger partial charge is 0.225 e. The predicted molar refractivity (Wildman–Crippen MR) is 97.7 cm³/mol. The third-order valence-corrected chi connectivity index (χ3v) is 5.92. The number of carbonyl (C=O) groups is 1. The summed E-state index contributed by atoms with van der Waals surface area (Å²) in [5.41, 5.74) is 2.65. The van der Waals surface area contributed by atoms with Crippen molar-refractivity contribution in [3.05, 3.63) is 29.3 Å². The lowest BCUT2D eigenvalue weighted by atomic mass is 9.95. The number of ether oxygens (including phenoxy) is 1. The van der Waals surface area contributed by atoms with Crippen molar-refractivity contribution in [3.63, 3.8) is 0 Å². The van der Waals surface area contributed by atoms with Crippen LogP contribution in [0.4, 0.5) is 0 Å². The molecule has 0 spiro atoms. The van der Waals surface area contributed by atoms with Gasteiger partial charge in [0.25, 0.3) is 0 Å². The number of benzene rings is 1. The van der Waals surface area contributed by atoms with Gasteiger partial charge in [0.15, 0.2) is 0 Å². The van der Waals surface area contributed by atoms with Gasteiger partial charge in [-0.1, -0.05) is 12.1 Å². The quantitative estimate of drug-likeness (QED) is 0.835. The number of piperidine rings is 1. The summed E-state index contributed by atoms with van der Waals surface area (Å²) in [5.74, 6) is 1.70. The van der Waals surface area contributed by atoms with E-state index in [2.05, 4.69) is 39.9 Å². The van der Waals surface area contributed by atoms with E-state index in [9.17, 15) is 4.79 Å². The molecule has 1 aromatic rings. The average Bonchev–Trinajstić information content (AvgIpc) is 3.10. The maximum absolute atomic E-state index is 12.7. The van der Waals surface area contributed by atoms with Crippen molar-refractivity contribution < 1.29 is 9.53 Å². The highest BCUT2D eigenvalue weighted by atomic mass is 16.5. The van der Waals surface area contributed by atoms with E-state index in [0.29, 0.717) is 5.91 Å². The van der Waals surface area contributed by atoms with Crippen molar-refractivity contribution in [2.24, 2.45) is 5.92 Å². The molecule has 3 aliphatic heterocycles. The minimum atomic E-state index is 0.247. The fraction of sp³-hybridized carbons (Fsp3) is 0.650. The van der Waals surface area contributed by atoms with Gasteiger partial charge in [0, 0.05) is 45.1 Å². The highest BCUT2D eigenvalue weighted by molar-refractivity contribution is 5.79. The zero-order valence-electron chi connectivity index (χ0n) is 15.2. The highest BCUT2D eigenvalue weighted by Gasteiger charge is 2.29. The Kier molecular flexibility index (Phi) is 4.95. The third-order valence-electron chi connectivity index (χ3n) is 5.92. The van der Waals surface area contributed by atoms with Gasteiger partial charge < -0.3 is 14.5 Å². The molecule has 0 atom stereocenters. The van der Waals surface area contributed by atoms with Crippen LogP contribution in [0.5, 0.6) is 5.75 Å². The summed E-state index contributed by atoms with van der Waals surface area (Å²) >= 11 is 0. The molecule has 1 aromatic carbocycles. The Hall–Kier alpha value is -1.59. The first kappa shape index (κ1) is 16.9. The second kappa shape index (κ2) is 7.34. The lowest BCUT2D eigenvalue weighted by Crippen LogP contribution is -2.51. The van der Waals surface area contributed by atoms with Gasteiger partial charge in [0.1, 0.15) is 5.75 Å². The molecule has 2 fully saturated rings. The van der Waals surface area contributed by atoms with Crippen LogP contribution in [0.2, 0.25) is 0 Å². The minimum absolute atomic E-state index is 0.247. The van der Waals surface area contributed by atoms with E-state index in [-0.39, 0.29) is 5.92 Å². The molecule has 2 saturated heterocycles. The van der Waals surface area contributed by atoms with Crippen LogP contribution < -0.4 is 4.74 Å². The summed E-state index contributed by atoms with van der Waals surface area (Å²) in [6.45, 7) is 7.54. The summed E-state index contributed by atoms with van der Waals surface area (Å²) < 4.78 is 5.68. The minimum Gasteiger partial charge on any atom is -0.493 e. The largest absolute Gasteiger partial charge is 0.493 e. The van der Waals surface area contributed by atoms with E-state index in [1.807, 2.05) is 0 Å². The van der Waals surface area contributed by atoms with Gasteiger partial charge in [-0.25, -0.2) is 0 Å². The van der Waals surface area contributed by atoms with Crippen LogP contribution in [0.25, 0.3) is 0 Å². The number of amides is 1. The van der Waals surface area contributed by atoms with Crippen molar-refractivity contribution in [2.75, 3.05) is 52.9 Å². The molecule has 136 valence electrons. The predicted octanol–water partition coefficient (Wildman–Crippen LogP) is 1.61. The lowest BCUT2D eigenvalue weighted by Gasteiger charge is -2.38. The first-order valence-electron chi connectivity index (χ1n) is 9.63. The van der Waals surface area contributed by atoms with E-state index in [1.54, 1.807) is 0 Å². The van der Waals surface area contributed by atoms with Crippen LogP contribution in [0.15, 0.2) is 18.2 Å². The number of hydrogen-bond acceptors (Lipinski definition) is 4. The monoisotopic (exact) mass is 343 g/mol. The summed E-state index contributed by atoms with van der Waals surface area (Å²) in [4.78, 5) is 19.6. The Morgan fingerprint density at radius 2 is 1.88 bits per heavy atom. The van der Waals surface area contributed by atoms with Gasteiger partial charge >= 0.3 is 0 Å². The van der Waals surface area contributed by atoms with E-state index < -0.39 is 0 Å². The van der Waals surface area contributed by atoms with Crippen LogP contribution in [-0.4, -0.2) is 73.5 Å². The molecule has 0 N–H and O–H groups in total. The van der Waals surface area contributed by atoms with Gasteiger partial charge in [-0.3, -0.25) is 9.69 Å². The van der Waals surface area contributed by atoms with Crippen LogP contribution >= 0.6 is 0 Å². The lowest BCUT2D eigenvalue weighted by molar-refractivity contribution is -0.138. The van der Waals surface area contributed by atoms with Crippen molar-refractivity contribution in [1.82, 2.24) is 14.7 Å². The van der Waals surface area contributed by atoms with Crippen LogP contribution in [0, 0.1) is 5.92 Å². The molecule has 5 nitrogen and oxygen atoms in total. The van der Waals surface area contributed by atoms with Crippen molar-refractivity contribution in [1.29, 1.82) is 0 Å². The number of likely N-dealkylation sites (tertiary alicyclic amines) is 1. The molecule has 5 heteroatoms. The summed E-state index contributed by atoms with van der Waals surface area (Å²) in [6, 6.07) is 6.62. The number of carbonyl (C=O) groups excluding carboxylic acids is 1. The van der Waals surface area contributed by atoms with E-state index in [4.69, 9.17) is 4.74 Å². The normalized spacial score (nSPS) is 22.7. The average molecular weight is 343 g/mol. The molecule has 0 saturated carbocycles. The zero-order valence-corrected chi connectivity index (χ0v) is 15.2. The molecule has 3 heterocycles. The maximum Gasteiger partial charge on any atom is 0.225 e. The molecule has 3 aliphatic rings. The fourth-order valence-electron chi connectivity index (χ4n) is 4.21. The molecular formula is C20H29N3O2. The Morgan fingerprint density at radius 1 is 1.12 bits per heavy atom. The topological polar surface area (TPSA) is 36.0 Å². The van der Waals surface area contributed by atoms with E-state index >= 15 is 0 Å². The Labute approximate surface area is 150 Å². The van der Waals surface area contributed by atoms with Crippen molar-refractivity contribution >= 4 is 5.91 Å². The van der Waals surface area contributed by atoms with Gasteiger partial charge in [0.2, 0.25) is 5.91 Å². The van der Waals surface area contributed by atoms with Gasteiger partial charge in [-0.05, 0) is 50.2 Å². The second-order valence-corrected chi connectivity index (χ2v) is 7.72. The number of piperazine rings is 1. The van der Waals surface area contributed by atoms with Crippen LogP contribution in [0.1, 0.15) is 24.0 Å². The molecule has 4 rings (SSSR count).